The van der Waals surface area contributed by atoms with Crippen LogP contribution in [-0.2, 0) is 22.3 Å². The molecule has 10 heteroatoms. The number of anilines is 1. The first-order chi connectivity index (χ1) is 14.1. The molecule has 0 bridgehead atoms. The largest absolute Gasteiger partial charge is 0.497 e. The highest BCUT2D eigenvalue weighted by Crippen LogP contribution is 2.30. The molecule has 0 radical (unpaired) electrons. The average Bonchev–Trinajstić information content (AvgIpc) is 3.39. The van der Waals surface area contributed by atoms with Gasteiger partial charge in [0.05, 0.1) is 23.7 Å². The van der Waals surface area contributed by atoms with Gasteiger partial charge in [-0.15, -0.1) is 0 Å². The molecule has 1 saturated heterocycles. The number of methoxy groups -OCH3 is 1. The van der Waals surface area contributed by atoms with Crippen LogP contribution in [0.3, 0.4) is 0 Å². The number of carbonyl (C=O) groups excluding carboxylic acids is 1. The first-order valence-electron chi connectivity index (χ1n) is 9.51. The highest BCUT2D eigenvalue weighted by molar-refractivity contribution is 7.82. The van der Waals surface area contributed by atoms with Crippen LogP contribution in [0.5, 0.6) is 5.75 Å². The third-order valence-electron chi connectivity index (χ3n) is 5.04. The Balaban J connectivity index is 1.34. The Morgan fingerprint density at radius 3 is 2.86 bits per heavy atom. The molecule has 1 aliphatic heterocycles. The quantitative estimate of drug-likeness (QED) is 0.646. The third kappa shape index (κ3) is 4.34. The fraction of sp³-hybridized carbons (Fsp3) is 0.421. The first kappa shape index (κ1) is 20.0. The summed E-state index contributed by atoms with van der Waals surface area (Å²) >= 11 is 1.43. The van der Waals surface area contributed by atoms with E-state index in [0.29, 0.717) is 36.1 Å². The van der Waals surface area contributed by atoms with Gasteiger partial charge in [-0.1, -0.05) is 11.3 Å². The predicted octanol–water partition coefficient (Wildman–Crippen LogP) is 2.89. The van der Waals surface area contributed by atoms with Crippen LogP contribution in [0.25, 0.3) is 10.2 Å². The maximum Gasteiger partial charge on any atom is 0.229 e. The third-order valence-corrected chi connectivity index (χ3v) is 7.37. The topological polar surface area (TPSA) is 89.4 Å². The van der Waals surface area contributed by atoms with Crippen LogP contribution in [0, 0.1) is 5.92 Å². The molecule has 1 fully saturated rings. The molecule has 1 aliphatic rings. The van der Waals surface area contributed by atoms with Crippen LogP contribution in [0.1, 0.15) is 19.8 Å². The number of hydrogen-bond acceptors (Lipinski definition) is 6. The second kappa shape index (κ2) is 8.60. The summed E-state index contributed by atoms with van der Waals surface area (Å²) in [5, 5.41) is 4.10. The zero-order valence-electron chi connectivity index (χ0n) is 16.3. The standard InChI is InChI=1S/C19H23N5O3S2/c1-3-23-11-17(20-12-23)29(26)24-8-6-13(7-9-24)18(25)22-19-21-15-5-4-14(27-2)10-16(15)28-19/h4-5,10-13H,3,6-9H2,1-2H3,(H,21,22,25). The van der Waals surface area contributed by atoms with Crippen molar-refractivity contribution in [1.82, 2.24) is 18.8 Å². The van der Waals surface area contributed by atoms with E-state index in [1.54, 1.807) is 13.4 Å². The lowest BCUT2D eigenvalue weighted by atomic mass is 9.97. The number of aromatic nitrogens is 3. The molecule has 8 nitrogen and oxygen atoms in total. The number of fused-ring (bicyclic) bond motifs is 1. The van der Waals surface area contributed by atoms with Gasteiger partial charge in [0, 0.05) is 31.7 Å². The lowest BCUT2D eigenvalue weighted by Crippen LogP contribution is -2.39. The molecule has 2 aromatic heterocycles. The van der Waals surface area contributed by atoms with E-state index in [0.717, 1.165) is 22.5 Å². The zero-order chi connectivity index (χ0) is 20.4. The molecule has 3 aromatic rings. The Morgan fingerprint density at radius 2 is 2.17 bits per heavy atom. The summed E-state index contributed by atoms with van der Waals surface area (Å²) in [6.07, 6.45) is 4.83. The molecule has 0 aliphatic carbocycles. The van der Waals surface area contributed by atoms with E-state index in [-0.39, 0.29) is 11.8 Å². The number of ether oxygens (including phenoxy) is 1. The van der Waals surface area contributed by atoms with E-state index < -0.39 is 11.0 Å². The lowest BCUT2D eigenvalue weighted by Gasteiger charge is -2.29. The minimum Gasteiger partial charge on any atom is -0.497 e. The van der Waals surface area contributed by atoms with Gasteiger partial charge in [-0.2, -0.15) is 0 Å². The summed E-state index contributed by atoms with van der Waals surface area (Å²) in [6, 6.07) is 5.65. The fourth-order valence-corrected chi connectivity index (χ4v) is 5.38. The number of thiazole rings is 1. The van der Waals surface area contributed by atoms with Crippen molar-refractivity contribution in [2.45, 2.75) is 31.3 Å². The molecule has 1 atom stereocenters. The van der Waals surface area contributed by atoms with Crippen LogP contribution in [-0.4, -0.2) is 49.2 Å². The van der Waals surface area contributed by atoms with E-state index in [1.165, 1.54) is 11.3 Å². The fourth-order valence-electron chi connectivity index (χ4n) is 3.31. The number of amides is 1. The number of carbonyl (C=O) groups is 1. The first-order valence-corrected chi connectivity index (χ1v) is 11.4. The average molecular weight is 434 g/mol. The van der Waals surface area contributed by atoms with Gasteiger partial charge in [0.25, 0.3) is 0 Å². The van der Waals surface area contributed by atoms with Crippen LogP contribution < -0.4 is 10.1 Å². The summed E-state index contributed by atoms with van der Waals surface area (Å²) in [7, 11) is 0.342. The number of imidazole rings is 1. The lowest BCUT2D eigenvalue weighted by molar-refractivity contribution is -0.120. The van der Waals surface area contributed by atoms with Crippen molar-refractivity contribution in [3.05, 3.63) is 30.7 Å². The van der Waals surface area contributed by atoms with Gasteiger partial charge < -0.3 is 14.6 Å². The zero-order valence-corrected chi connectivity index (χ0v) is 18.0. The Bertz CT molecular complexity index is 1040. The second-order valence-corrected chi connectivity index (χ2v) is 9.30. The van der Waals surface area contributed by atoms with Gasteiger partial charge in [-0.05, 0) is 38.0 Å². The van der Waals surface area contributed by atoms with E-state index in [9.17, 15) is 9.00 Å². The van der Waals surface area contributed by atoms with E-state index in [1.807, 2.05) is 40.2 Å². The monoisotopic (exact) mass is 433 g/mol. The van der Waals surface area contributed by atoms with Crippen molar-refractivity contribution in [3.63, 3.8) is 0 Å². The smallest absolute Gasteiger partial charge is 0.229 e. The van der Waals surface area contributed by atoms with Gasteiger partial charge in [-0.25, -0.2) is 18.5 Å². The molecule has 4 rings (SSSR count). The number of piperidine rings is 1. The maximum absolute atomic E-state index is 12.7. The Labute approximate surface area is 175 Å². The summed E-state index contributed by atoms with van der Waals surface area (Å²) < 4.78 is 22.7. The van der Waals surface area contributed by atoms with Crippen molar-refractivity contribution in [3.8, 4) is 5.75 Å². The minimum absolute atomic E-state index is 0.0308. The Hall–Kier alpha value is -2.30. The highest BCUT2D eigenvalue weighted by Gasteiger charge is 2.29. The summed E-state index contributed by atoms with van der Waals surface area (Å²) in [6.45, 7) is 4.01. The van der Waals surface area contributed by atoms with Gasteiger partial charge in [-0.3, -0.25) is 4.79 Å². The van der Waals surface area contributed by atoms with Crippen molar-refractivity contribution in [2.75, 3.05) is 25.5 Å². The molecule has 1 unspecified atom stereocenters. The Kier molecular flexibility index (Phi) is 5.93. The van der Waals surface area contributed by atoms with Gasteiger partial charge in [0.2, 0.25) is 5.91 Å². The molecule has 1 N–H and O–H groups in total. The summed E-state index contributed by atoms with van der Waals surface area (Å²) in [4.78, 5) is 21.4. The minimum atomic E-state index is -1.28. The number of nitrogens with one attached hydrogen (secondary N) is 1. The van der Waals surface area contributed by atoms with Crippen LogP contribution in [0.2, 0.25) is 0 Å². The molecule has 0 saturated carbocycles. The molecule has 3 heterocycles. The molecular weight excluding hydrogens is 410 g/mol. The predicted molar refractivity (Wildman–Crippen MR) is 113 cm³/mol. The number of rotatable bonds is 6. The highest BCUT2D eigenvalue weighted by atomic mass is 32.2. The van der Waals surface area contributed by atoms with Crippen molar-refractivity contribution >= 4 is 43.6 Å². The molecule has 0 spiro atoms. The molecule has 1 aromatic carbocycles. The molecular formula is C19H23N5O3S2. The maximum atomic E-state index is 12.7. The normalized spacial score (nSPS) is 16.8. The van der Waals surface area contributed by atoms with Crippen molar-refractivity contribution in [2.24, 2.45) is 5.92 Å². The molecule has 154 valence electrons. The Morgan fingerprint density at radius 1 is 1.38 bits per heavy atom. The van der Waals surface area contributed by atoms with E-state index >= 15 is 0 Å². The van der Waals surface area contributed by atoms with Gasteiger partial charge >= 0.3 is 0 Å². The van der Waals surface area contributed by atoms with Crippen molar-refractivity contribution < 1.29 is 13.7 Å². The molecule has 29 heavy (non-hydrogen) atoms. The molecule has 1 amide bonds. The SMILES string of the molecule is CCn1cnc(S(=O)N2CCC(C(=O)Nc3nc4ccc(OC)cc4s3)CC2)c1. The van der Waals surface area contributed by atoms with Gasteiger partial charge in [0.15, 0.2) is 10.2 Å². The van der Waals surface area contributed by atoms with Crippen molar-refractivity contribution in [1.29, 1.82) is 0 Å². The van der Waals surface area contributed by atoms with Gasteiger partial charge in [0.1, 0.15) is 16.7 Å². The van der Waals surface area contributed by atoms with E-state index in [4.69, 9.17) is 4.74 Å². The number of hydrogen-bond donors (Lipinski definition) is 1. The number of benzene rings is 1. The second-order valence-electron chi connectivity index (χ2n) is 6.84. The summed E-state index contributed by atoms with van der Waals surface area (Å²) in [5.74, 6) is 0.623. The van der Waals surface area contributed by atoms with Crippen LogP contribution in [0.15, 0.2) is 35.7 Å². The number of aryl methyl sites for hydroxylation is 1. The van der Waals surface area contributed by atoms with Crippen LogP contribution >= 0.6 is 11.3 Å². The van der Waals surface area contributed by atoms with E-state index in [2.05, 4.69) is 15.3 Å². The van der Waals surface area contributed by atoms with Crippen LogP contribution in [0.4, 0.5) is 5.13 Å². The number of nitrogens with zero attached hydrogens (tertiary/aromatic N) is 4. The summed E-state index contributed by atoms with van der Waals surface area (Å²) in [5.41, 5.74) is 0.836.